The molecule has 1 aliphatic heterocycles. The number of nitrogens with zero attached hydrogens (tertiary/aromatic N) is 3. The molecule has 0 aliphatic carbocycles. The lowest BCUT2D eigenvalue weighted by Crippen LogP contribution is -2.29. The van der Waals surface area contributed by atoms with Crippen LogP contribution in [0.4, 0.5) is 5.69 Å². The second kappa shape index (κ2) is 5.89. The highest BCUT2D eigenvalue weighted by Gasteiger charge is 2.28. The van der Waals surface area contributed by atoms with Crippen LogP contribution in [0.2, 0.25) is 0 Å². The Labute approximate surface area is 145 Å². The maximum atomic E-state index is 12.1. The molecule has 0 saturated heterocycles. The standard InChI is InChI=1S/C19H19N3O3/c1-21-17-11-16-13(10-18(24)22(16)7-8-23)9-15(17)20-19(21)12-3-5-14(25-2)6-4-12/h3-6,9,11,23H,7-8,10H2,1-2H3. The number of fused-ring (bicyclic) bond motifs is 2. The normalized spacial score (nSPS) is 13.6. The summed E-state index contributed by atoms with van der Waals surface area (Å²) in [6, 6.07) is 11.8. The number of carbonyl (C=O) groups excluding carboxylic acids is 1. The molecule has 4 rings (SSSR count). The van der Waals surface area contributed by atoms with Crippen molar-refractivity contribution < 1.29 is 14.6 Å². The third kappa shape index (κ3) is 2.46. The number of carbonyl (C=O) groups is 1. The van der Waals surface area contributed by atoms with Gasteiger partial charge in [-0.1, -0.05) is 0 Å². The van der Waals surface area contributed by atoms with E-state index in [0.717, 1.165) is 39.4 Å². The summed E-state index contributed by atoms with van der Waals surface area (Å²) in [5.41, 5.74) is 4.66. The van der Waals surface area contributed by atoms with Crippen LogP contribution >= 0.6 is 0 Å². The highest BCUT2D eigenvalue weighted by molar-refractivity contribution is 6.04. The Balaban J connectivity index is 1.82. The minimum atomic E-state index is -0.0499. The molecular formula is C19H19N3O3. The van der Waals surface area contributed by atoms with Crippen LogP contribution in [0, 0.1) is 0 Å². The van der Waals surface area contributed by atoms with Crippen LogP contribution in [0.1, 0.15) is 5.56 Å². The van der Waals surface area contributed by atoms with Crippen LogP contribution in [0.5, 0.6) is 5.75 Å². The Hall–Kier alpha value is -2.86. The third-order valence-electron chi connectivity index (χ3n) is 4.69. The number of rotatable bonds is 4. The molecule has 1 aromatic heterocycles. The van der Waals surface area contributed by atoms with Gasteiger partial charge in [-0.3, -0.25) is 4.79 Å². The molecule has 0 spiro atoms. The zero-order chi connectivity index (χ0) is 17.6. The van der Waals surface area contributed by atoms with E-state index in [-0.39, 0.29) is 12.5 Å². The van der Waals surface area contributed by atoms with Crippen molar-refractivity contribution in [3.8, 4) is 17.1 Å². The van der Waals surface area contributed by atoms with Crippen LogP contribution < -0.4 is 9.64 Å². The first-order chi connectivity index (χ1) is 12.1. The number of β-amino-alcohol motifs (C(OH)–C–C–N with tert-alkyl or cyclic N) is 1. The molecule has 25 heavy (non-hydrogen) atoms. The van der Waals surface area contributed by atoms with Crippen molar-refractivity contribution in [3.63, 3.8) is 0 Å². The average Bonchev–Trinajstić information content (AvgIpc) is 3.11. The molecule has 6 heteroatoms. The molecule has 2 heterocycles. The number of hydrogen-bond acceptors (Lipinski definition) is 4. The number of methoxy groups -OCH3 is 1. The lowest BCUT2D eigenvalue weighted by atomic mass is 10.1. The van der Waals surface area contributed by atoms with E-state index in [1.54, 1.807) is 12.0 Å². The van der Waals surface area contributed by atoms with Crippen LogP contribution in [0.25, 0.3) is 22.4 Å². The molecule has 0 bridgehead atoms. The number of aryl methyl sites for hydroxylation is 1. The summed E-state index contributed by atoms with van der Waals surface area (Å²) >= 11 is 0. The van der Waals surface area contributed by atoms with Crippen LogP contribution in [-0.4, -0.2) is 40.8 Å². The van der Waals surface area contributed by atoms with Crippen molar-refractivity contribution in [2.75, 3.05) is 25.2 Å². The van der Waals surface area contributed by atoms with Crippen molar-refractivity contribution >= 4 is 22.6 Å². The van der Waals surface area contributed by atoms with Crippen molar-refractivity contribution in [1.29, 1.82) is 0 Å². The van der Waals surface area contributed by atoms with Crippen molar-refractivity contribution in [1.82, 2.24) is 9.55 Å². The van der Waals surface area contributed by atoms with Gasteiger partial charge in [-0.15, -0.1) is 0 Å². The van der Waals surface area contributed by atoms with Crippen molar-refractivity contribution in [2.45, 2.75) is 6.42 Å². The minimum absolute atomic E-state index is 0.0229. The van der Waals surface area contributed by atoms with Crippen molar-refractivity contribution in [2.24, 2.45) is 7.05 Å². The lowest BCUT2D eigenvalue weighted by molar-refractivity contribution is -0.117. The molecule has 0 fully saturated rings. The van der Waals surface area contributed by atoms with Gasteiger partial charge in [0.1, 0.15) is 11.6 Å². The summed E-state index contributed by atoms with van der Waals surface area (Å²) in [5.74, 6) is 1.69. The summed E-state index contributed by atoms with van der Waals surface area (Å²) in [6.07, 6.45) is 0.361. The Kier molecular flexibility index (Phi) is 3.69. The van der Waals surface area contributed by atoms with E-state index >= 15 is 0 Å². The van der Waals surface area contributed by atoms with E-state index in [4.69, 9.17) is 9.72 Å². The van der Waals surface area contributed by atoms with Gasteiger partial charge in [0.25, 0.3) is 0 Å². The molecule has 3 aromatic rings. The number of anilines is 1. The number of imidazole rings is 1. The fourth-order valence-corrected chi connectivity index (χ4v) is 3.40. The van der Waals surface area contributed by atoms with Gasteiger partial charge < -0.3 is 19.3 Å². The predicted octanol–water partition coefficient (Wildman–Crippen LogP) is 2.13. The summed E-state index contributed by atoms with van der Waals surface area (Å²) in [5, 5.41) is 9.21. The molecule has 1 N–H and O–H groups in total. The van der Waals surface area contributed by atoms with E-state index < -0.39 is 0 Å². The summed E-state index contributed by atoms with van der Waals surface area (Å²) in [4.78, 5) is 18.5. The minimum Gasteiger partial charge on any atom is -0.497 e. The molecule has 6 nitrogen and oxygen atoms in total. The van der Waals surface area contributed by atoms with Crippen LogP contribution in [0.15, 0.2) is 36.4 Å². The highest BCUT2D eigenvalue weighted by Crippen LogP contribution is 2.34. The van der Waals surface area contributed by atoms with Crippen molar-refractivity contribution in [3.05, 3.63) is 42.0 Å². The second-order valence-corrected chi connectivity index (χ2v) is 6.14. The molecule has 1 aliphatic rings. The number of benzene rings is 2. The average molecular weight is 337 g/mol. The van der Waals surface area contributed by atoms with E-state index in [2.05, 4.69) is 0 Å². The molecule has 0 atom stereocenters. The lowest BCUT2D eigenvalue weighted by Gasteiger charge is -2.15. The second-order valence-electron chi connectivity index (χ2n) is 6.14. The summed E-state index contributed by atoms with van der Waals surface area (Å²) < 4.78 is 7.23. The van der Waals surface area contributed by atoms with Gasteiger partial charge in [-0.05, 0) is 42.0 Å². The van der Waals surface area contributed by atoms with E-state index in [1.165, 1.54) is 0 Å². The highest BCUT2D eigenvalue weighted by atomic mass is 16.5. The number of amides is 1. The van der Waals surface area contributed by atoms with E-state index in [9.17, 15) is 9.90 Å². The first kappa shape index (κ1) is 15.7. The fraction of sp³-hybridized carbons (Fsp3) is 0.263. The zero-order valence-electron chi connectivity index (χ0n) is 14.2. The van der Waals surface area contributed by atoms with E-state index in [0.29, 0.717) is 13.0 Å². The fourth-order valence-electron chi connectivity index (χ4n) is 3.40. The van der Waals surface area contributed by atoms with Gasteiger partial charge in [-0.25, -0.2) is 4.98 Å². The molecular weight excluding hydrogens is 318 g/mol. The monoisotopic (exact) mass is 337 g/mol. The Bertz CT molecular complexity index is 960. The largest absolute Gasteiger partial charge is 0.497 e. The maximum Gasteiger partial charge on any atom is 0.231 e. The molecule has 128 valence electrons. The first-order valence-electron chi connectivity index (χ1n) is 8.17. The molecule has 1 amide bonds. The van der Waals surface area contributed by atoms with Gasteiger partial charge in [0.15, 0.2) is 0 Å². The van der Waals surface area contributed by atoms with Crippen LogP contribution in [-0.2, 0) is 18.3 Å². The third-order valence-corrected chi connectivity index (χ3v) is 4.69. The van der Waals surface area contributed by atoms with Gasteiger partial charge in [0, 0.05) is 24.8 Å². The molecule has 2 aromatic carbocycles. The predicted molar refractivity (Wildman–Crippen MR) is 95.8 cm³/mol. The van der Waals surface area contributed by atoms with E-state index in [1.807, 2.05) is 48.0 Å². The Morgan fingerprint density at radius 3 is 2.68 bits per heavy atom. The Morgan fingerprint density at radius 2 is 2.00 bits per heavy atom. The maximum absolute atomic E-state index is 12.1. The topological polar surface area (TPSA) is 67.6 Å². The Morgan fingerprint density at radius 1 is 1.24 bits per heavy atom. The summed E-state index contributed by atoms with van der Waals surface area (Å²) in [7, 11) is 3.61. The zero-order valence-corrected chi connectivity index (χ0v) is 14.2. The first-order valence-corrected chi connectivity index (χ1v) is 8.17. The van der Waals surface area contributed by atoms with Gasteiger partial charge in [0.2, 0.25) is 5.91 Å². The number of hydrogen-bond donors (Lipinski definition) is 1. The van der Waals surface area contributed by atoms with Gasteiger partial charge in [-0.2, -0.15) is 0 Å². The molecule has 0 radical (unpaired) electrons. The van der Waals surface area contributed by atoms with Crippen LogP contribution in [0.3, 0.4) is 0 Å². The molecule has 0 unspecified atom stereocenters. The number of aromatic nitrogens is 2. The quantitative estimate of drug-likeness (QED) is 0.792. The van der Waals surface area contributed by atoms with Gasteiger partial charge in [0.05, 0.1) is 31.2 Å². The van der Waals surface area contributed by atoms with Gasteiger partial charge >= 0.3 is 0 Å². The number of aliphatic hydroxyl groups excluding tert-OH is 1. The number of aliphatic hydroxyl groups is 1. The number of ether oxygens (including phenoxy) is 1. The molecule has 0 saturated carbocycles. The summed E-state index contributed by atoms with van der Waals surface area (Å²) in [6.45, 7) is 0.270. The smallest absolute Gasteiger partial charge is 0.231 e. The SMILES string of the molecule is COc1ccc(-c2nc3cc4c(cc3n2C)N(CCO)C(=O)C4)cc1.